The van der Waals surface area contributed by atoms with Crippen molar-refractivity contribution in [2.45, 2.75) is 4.90 Å². The van der Waals surface area contributed by atoms with Gasteiger partial charge in [-0.15, -0.1) is 0 Å². The van der Waals surface area contributed by atoms with E-state index >= 15 is 0 Å². The molecule has 2 aromatic rings. The Bertz CT molecular complexity index is 937. The van der Waals surface area contributed by atoms with Gasteiger partial charge in [0.1, 0.15) is 12.0 Å². The number of carbonyl (C=O) groups is 2. The quantitative estimate of drug-likeness (QED) is 0.703. The van der Waals surface area contributed by atoms with Crippen LogP contribution in [0.4, 0.5) is 5.69 Å². The first kappa shape index (κ1) is 20.0. The largest absolute Gasteiger partial charge is 0.484 e. The fourth-order valence-corrected chi connectivity index (χ4v) is 4.08. The molecule has 0 bridgehead atoms. The molecule has 0 aliphatic carbocycles. The van der Waals surface area contributed by atoms with Crippen molar-refractivity contribution in [2.24, 2.45) is 0 Å². The van der Waals surface area contributed by atoms with Crippen molar-refractivity contribution in [2.75, 3.05) is 38.2 Å². The number of nitrogens with one attached hydrogen (secondary N) is 1. The number of aldehydes is 1. The number of morpholine rings is 1. The van der Waals surface area contributed by atoms with Crippen LogP contribution in [0.3, 0.4) is 0 Å². The minimum absolute atomic E-state index is 0.161. The zero-order valence-electron chi connectivity index (χ0n) is 15.0. The smallest absolute Gasteiger partial charge is 0.262 e. The van der Waals surface area contributed by atoms with Crippen LogP contribution in [0.2, 0.25) is 0 Å². The van der Waals surface area contributed by atoms with Crippen LogP contribution in [0, 0.1) is 0 Å². The Labute approximate surface area is 163 Å². The minimum atomic E-state index is -3.57. The Kier molecular flexibility index (Phi) is 6.40. The van der Waals surface area contributed by atoms with Crippen LogP contribution in [0.25, 0.3) is 0 Å². The molecular formula is C19H20N2O6S. The van der Waals surface area contributed by atoms with Gasteiger partial charge in [-0.2, -0.15) is 4.31 Å². The lowest BCUT2D eigenvalue weighted by Gasteiger charge is -2.26. The molecule has 0 radical (unpaired) electrons. The molecular weight excluding hydrogens is 384 g/mol. The molecule has 1 aliphatic rings. The summed E-state index contributed by atoms with van der Waals surface area (Å²) >= 11 is 0. The molecule has 8 nitrogen and oxygen atoms in total. The molecule has 1 fully saturated rings. The highest BCUT2D eigenvalue weighted by Gasteiger charge is 2.26. The maximum Gasteiger partial charge on any atom is 0.262 e. The van der Waals surface area contributed by atoms with Crippen LogP contribution in [-0.4, -0.2) is 57.8 Å². The number of rotatable bonds is 7. The van der Waals surface area contributed by atoms with E-state index in [4.69, 9.17) is 9.47 Å². The number of benzene rings is 2. The topological polar surface area (TPSA) is 102 Å². The zero-order valence-corrected chi connectivity index (χ0v) is 15.9. The van der Waals surface area contributed by atoms with Crippen LogP contribution in [0.15, 0.2) is 53.4 Å². The van der Waals surface area contributed by atoms with Crippen molar-refractivity contribution in [3.8, 4) is 5.75 Å². The summed E-state index contributed by atoms with van der Waals surface area (Å²) in [5.41, 5.74) is 0.908. The zero-order chi connectivity index (χ0) is 20.0. The van der Waals surface area contributed by atoms with E-state index < -0.39 is 15.9 Å². The fourth-order valence-electron chi connectivity index (χ4n) is 2.67. The molecule has 148 valence electrons. The average molecular weight is 404 g/mol. The van der Waals surface area contributed by atoms with E-state index in [9.17, 15) is 18.0 Å². The molecule has 1 heterocycles. The normalized spacial score (nSPS) is 15.0. The number of hydrogen-bond donors (Lipinski definition) is 1. The third-order valence-electron chi connectivity index (χ3n) is 4.11. The first-order valence-corrected chi connectivity index (χ1v) is 10.1. The van der Waals surface area contributed by atoms with Gasteiger partial charge in [0, 0.05) is 24.3 Å². The average Bonchev–Trinajstić information content (AvgIpc) is 2.73. The summed E-state index contributed by atoms with van der Waals surface area (Å²) in [5.74, 6) is 0.00648. The monoisotopic (exact) mass is 404 g/mol. The van der Waals surface area contributed by atoms with E-state index in [1.807, 2.05) is 0 Å². The Morgan fingerprint density at radius 3 is 2.54 bits per heavy atom. The Morgan fingerprint density at radius 1 is 1.14 bits per heavy atom. The van der Waals surface area contributed by atoms with Gasteiger partial charge in [0.15, 0.2) is 6.61 Å². The summed E-state index contributed by atoms with van der Waals surface area (Å²) in [6.07, 6.45) is 0.694. The molecule has 9 heteroatoms. The van der Waals surface area contributed by atoms with E-state index in [0.29, 0.717) is 49.6 Å². The van der Waals surface area contributed by atoms with Gasteiger partial charge in [-0.1, -0.05) is 12.1 Å². The lowest BCUT2D eigenvalue weighted by Crippen LogP contribution is -2.40. The summed E-state index contributed by atoms with van der Waals surface area (Å²) in [6, 6.07) is 12.4. The van der Waals surface area contributed by atoms with Crippen LogP contribution < -0.4 is 10.1 Å². The van der Waals surface area contributed by atoms with E-state index in [1.54, 1.807) is 18.2 Å². The van der Waals surface area contributed by atoms with E-state index in [0.717, 1.165) is 0 Å². The summed E-state index contributed by atoms with van der Waals surface area (Å²) in [6.45, 7) is 1.16. The molecule has 1 N–H and O–H groups in total. The predicted molar refractivity (Wildman–Crippen MR) is 102 cm³/mol. The van der Waals surface area contributed by atoms with Gasteiger partial charge in [-0.25, -0.2) is 8.42 Å². The van der Waals surface area contributed by atoms with E-state index in [-0.39, 0.29) is 11.5 Å². The SMILES string of the molecule is O=Cc1cccc(OCC(=O)Nc2ccc(S(=O)(=O)N3CCOCC3)cc2)c1. The second-order valence-electron chi connectivity index (χ2n) is 6.07. The maximum absolute atomic E-state index is 12.6. The number of anilines is 1. The molecule has 2 aromatic carbocycles. The van der Waals surface area contributed by atoms with Crippen molar-refractivity contribution in [1.29, 1.82) is 0 Å². The second-order valence-corrected chi connectivity index (χ2v) is 8.01. The van der Waals surface area contributed by atoms with Gasteiger partial charge in [0.25, 0.3) is 5.91 Å². The molecule has 28 heavy (non-hydrogen) atoms. The lowest BCUT2D eigenvalue weighted by atomic mass is 10.2. The molecule has 0 unspecified atom stereocenters. The fraction of sp³-hybridized carbons (Fsp3) is 0.263. The number of carbonyl (C=O) groups excluding carboxylic acids is 2. The molecule has 0 saturated carbocycles. The number of ether oxygens (including phenoxy) is 2. The molecule has 0 atom stereocenters. The summed E-state index contributed by atoms with van der Waals surface area (Å²) in [5, 5.41) is 2.64. The van der Waals surface area contributed by atoms with Crippen molar-refractivity contribution in [3.05, 3.63) is 54.1 Å². The highest BCUT2D eigenvalue weighted by Crippen LogP contribution is 2.19. The third kappa shape index (κ3) is 4.94. The van der Waals surface area contributed by atoms with Crippen molar-refractivity contribution >= 4 is 27.9 Å². The van der Waals surface area contributed by atoms with Crippen molar-refractivity contribution in [1.82, 2.24) is 4.31 Å². The van der Waals surface area contributed by atoms with Gasteiger partial charge in [0.2, 0.25) is 10.0 Å². The van der Waals surface area contributed by atoms with Gasteiger partial charge >= 0.3 is 0 Å². The summed E-state index contributed by atoms with van der Waals surface area (Å²) < 4.78 is 37.1. The minimum Gasteiger partial charge on any atom is -0.484 e. The molecule has 0 aromatic heterocycles. The highest BCUT2D eigenvalue weighted by molar-refractivity contribution is 7.89. The Hall–Kier alpha value is -2.75. The molecule has 1 saturated heterocycles. The van der Waals surface area contributed by atoms with Gasteiger partial charge < -0.3 is 14.8 Å². The lowest BCUT2D eigenvalue weighted by molar-refractivity contribution is -0.118. The van der Waals surface area contributed by atoms with Crippen LogP contribution in [0.1, 0.15) is 10.4 Å². The number of hydrogen-bond acceptors (Lipinski definition) is 6. The predicted octanol–water partition coefficient (Wildman–Crippen LogP) is 1.54. The second kappa shape index (κ2) is 8.96. The Morgan fingerprint density at radius 2 is 1.86 bits per heavy atom. The molecule has 1 amide bonds. The van der Waals surface area contributed by atoms with Crippen molar-refractivity contribution in [3.63, 3.8) is 0 Å². The summed E-state index contributed by atoms with van der Waals surface area (Å²) in [7, 11) is -3.57. The van der Waals surface area contributed by atoms with Crippen molar-refractivity contribution < 1.29 is 27.5 Å². The van der Waals surface area contributed by atoms with Gasteiger partial charge in [0.05, 0.1) is 18.1 Å². The summed E-state index contributed by atoms with van der Waals surface area (Å²) in [4.78, 5) is 22.9. The third-order valence-corrected chi connectivity index (χ3v) is 6.02. The van der Waals surface area contributed by atoms with Crippen LogP contribution >= 0.6 is 0 Å². The van der Waals surface area contributed by atoms with E-state index in [1.165, 1.54) is 34.6 Å². The number of amides is 1. The molecule has 1 aliphatic heterocycles. The maximum atomic E-state index is 12.6. The van der Waals surface area contributed by atoms with Gasteiger partial charge in [-0.05, 0) is 36.4 Å². The standard InChI is InChI=1S/C19H20N2O6S/c22-13-15-2-1-3-17(12-15)27-14-19(23)20-16-4-6-18(7-5-16)28(24,25)21-8-10-26-11-9-21/h1-7,12-13H,8-11,14H2,(H,20,23). The Balaban J connectivity index is 1.57. The van der Waals surface area contributed by atoms with Gasteiger partial charge in [-0.3, -0.25) is 9.59 Å². The van der Waals surface area contributed by atoms with Crippen LogP contribution in [-0.2, 0) is 19.6 Å². The highest BCUT2D eigenvalue weighted by atomic mass is 32.2. The molecule has 3 rings (SSSR count). The van der Waals surface area contributed by atoms with Crippen LogP contribution in [0.5, 0.6) is 5.75 Å². The number of sulfonamides is 1. The molecule has 0 spiro atoms. The first-order valence-electron chi connectivity index (χ1n) is 8.65. The first-order chi connectivity index (χ1) is 13.5. The van der Waals surface area contributed by atoms with E-state index in [2.05, 4.69) is 5.32 Å². The number of nitrogens with zero attached hydrogens (tertiary/aromatic N) is 1.